The predicted molar refractivity (Wildman–Crippen MR) is 90.4 cm³/mol. The van der Waals surface area contributed by atoms with E-state index in [9.17, 15) is 9.59 Å². The number of hydrogen-bond acceptors (Lipinski definition) is 4. The van der Waals surface area contributed by atoms with Gasteiger partial charge in [-0.2, -0.15) is 0 Å². The van der Waals surface area contributed by atoms with Crippen molar-refractivity contribution in [2.45, 2.75) is 12.0 Å². The monoisotopic (exact) mass is 327 g/mol. The highest BCUT2D eigenvalue weighted by molar-refractivity contribution is 7.09. The molecule has 4 nitrogen and oxygen atoms in total. The summed E-state index contributed by atoms with van der Waals surface area (Å²) in [6.45, 7) is 3.54. The fourth-order valence-corrected chi connectivity index (χ4v) is 3.02. The molecule has 0 aliphatic carbocycles. The van der Waals surface area contributed by atoms with Crippen molar-refractivity contribution >= 4 is 23.2 Å². The van der Waals surface area contributed by atoms with Crippen LogP contribution in [-0.2, 0) is 16.0 Å². The molecule has 2 aromatic rings. The molecule has 0 fully saturated rings. The minimum Gasteiger partial charge on any atom is -0.467 e. The zero-order valence-electron chi connectivity index (χ0n) is 12.7. The molecule has 0 aliphatic rings. The van der Waals surface area contributed by atoms with Crippen LogP contribution in [0.1, 0.15) is 15.2 Å². The smallest absolute Gasteiger partial charge is 0.336 e. The Kier molecular flexibility index (Phi) is 5.52. The highest BCUT2D eigenvalue weighted by Gasteiger charge is 2.39. The molecule has 0 aliphatic heterocycles. The molecule has 1 heterocycles. The lowest BCUT2D eigenvalue weighted by atomic mass is 9.93. The summed E-state index contributed by atoms with van der Waals surface area (Å²) < 4.78 is 4.91. The summed E-state index contributed by atoms with van der Waals surface area (Å²) in [5.41, 5.74) is 1.73. The Balaban J connectivity index is 2.37. The van der Waals surface area contributed by atoms with Crippen LogP contribution in [0.2, 0.25) is 0 Å². The number of benzene rings is 1. The number of rotatable bonds is 6. The third-order valence-electron chi connectivity index (χ3n) is 3.30. The first kappa shape index (κ1) is 16.7. The fraction of sp³-hybridized carbons (Fsp3) is 0.167. The number of nitrogens with one attached hydrogen (secondary N) is 1. The van der Waals surface area contributed by atoms with Gasteiger partial charge in [0.1, 0.15) is 0 Å². The Bertz CT molecular complexity index is 718. The van der Waals surface area contributed by atoms with Crippen LogP contribution in [-0.4, -0.2) is 24.5 Å². The minimum absolute atomic E-state index is 0.276. The van der Waals surface area contributed by atoms with Crippen LogP contribution in [0.25, 0.3) is 0 Å². The van der Waals surface area contributed by atoms with E-state index in [1.165, 1.54) is 24.5 Å². The van der Waals surface area contributed by atoms with Crippen molar-refractivity contribution in [1.29, 1.82) is 0 Å². The normalized spacial score (nSPS) is 12.6. The molecule has 0 saturated carbocycles. The van der Waals surface area contributed by atoms with Gasteiger partial charge in [0.25, 0.3) is 5.91 Å². The first-order valence-electron chi connectivity index (χ1n) is 6.96. The van der Waals surface area contributed by atoms with Gasteiger partial charge in [-0.1, -0.05) is 30.8 Å². The fourth-order valence-electron chi connectivity index (χ4n) is 2.22. The first-order chi connectivity index (χ1) is 11.1. The number of thiophene rings is 1. The topological polar surface area (TPSA) is 55.4 Å². The Morgan fingerprint density at radius 1 is 1.30 bits per heavy atom. The van der Waals surface area contributed by atoms with Crippen LogP contribution in [0.4, 0.5) is 0 Å². The molecule has 0 bridgehead atoms. The summed E-state index contributed by atoms with van der Waals surface area (Å²) in [6.07, 6.45) is 1.72. The highest BCUT2D eigenvalue weighted by atomic mass is 32.1. The summed E-state index contributed by atoms with van der Waals surface area (Å²) in [7, 11) is 1.29. The lowest BCUT2D eigenvalue weighted by molar-refractivity contribution is -0.146. The van der Waals surface area contributed by atoms with Crippen molar-refractivity contribution in [3.63, 3.8) is 0 Å². The first-order valence-corrected chi connectivity index (χ1v) is 7.84. The van der Waals surface area contributed by atoms with Crippen LogP contribution in [0.15, 0.2) is 66.2 Å². The van der Waals surface area contributed by atoms with Crippen molar-refractivity contribution < 1.29 is 14.3 Å². The van der Waals surface area contributed by atoms with Gasteiger partial charge < -0.3 is 10.1 Å². The average molecular weight is 327 g/mol. The van der Waals surface area contributed by atoms with E-state index in [-0.39, 0.29) is 12.3 Å². The Hall–Kier alpha value is -2.62. The Labute approximate surface area is 139 Å². The van der Waals surface area contributed by atoms with E-state index in [0.29, 0.717) is 5.56 Å². The average Bonchev–Trinajstić information content (AvgIpc) is 3.07. The third kappa shape index (κ3) is 3.97. The minimum atomic E-state index is -1.34. The van der Waals surface area contributed by atoms with Gasteiger partial charge in [0.2, 0.25) is 0 Å². The van der Waals surface area contributed by atoms with E-state index in [1.54, 1.807) is 24.3 Å². The largest absolute Gasteiger partial charge is 0.467 e. The maximum Gasteiger partial charge on any atom is 0.336 e. The van der Waals surface area contributed by atoms with E-state index >= 15 is 0 Å². The van der Waals surface area contributed by atoms with Crippen LogP contribution in [0.5, 0.6) is 0 Å². The Morgan fingerprint density at radius 2 is 2.04 bits per heavy atom. The zero-order chi connectivity index (χ0) is 16.7. The van der Waals surface area contributed by atoms with Crippen LogP contribution in [0, 0.1) is 0 Å². The molecular weight excluding hydrogens is 310 g/mol. The van der Waals surface area contributed by atoms with E-state index in [0.717, 1.165) is 4.88 Å². The SMILES string of the molecule is C=C=CC(Cc1cccs1)(NC(=O)c1ccccc1)C(=O)OC. The number of carbonyl (C=O) groups is 2. The van der Waals surface area contributed by atoms with E-state index < -0.39 is 11.5 Å². The van der Waals surface area contributed by atoms with Crippen molar-refractivity contribution in [3.05, 3.63) is 76.7 Å². The van der Waals surface area contributed by atoms with Crippen LogP contribution < -0.4 is 5.32 Å². The number of ether oxygens (including phenoxy) is 1. The molecule has 23 heavy (non-hydrogen) atoms. The molecule has 0 saturated heterocycles. The summed E-state index contributed by atoms with van der Waals surface area (Å²) in [5.74, 6) is -0.926. The molecular formula is C18H17NO3S. The summed E-state index contributed by atoms with van der Waals surface area (Å²) in [4.78, 5) is 25.8. The lowest BCUT2D eigenvalue weighted by Gasteiger charge is -2.28. The molecule has 1 aromatic carbocycles. The zero-order valence-corrected chi connectivity index (χ0v) is 13.6. The number of hydrogen-bond donors (Lipinski definition) is 1. The van der Waals surface area contributed by atoms with Gasteiger partial charge in [0, 0.05) is 16.9 Å². The molecule has 1 aromatic heterocycles. The van der Waals surface area contributed by atoms with Crippen molar-refractivity contribution in [3.8, 4) is 0 Å². The summed E-state index contributed by atoms with van der Waals surface area (Å²) >= 11 is 1.50. The maximum atomic E-state index is 12.5. The number of esters is 1. The standard InChI is InChI=1S/C18H17NO3S/c1-3-11-18(17(21)22-2,13-15-10-7-12-23-15)19-16(20)14-8-5-4-6-9-14/h4-12H,1,13H2,2H3,(H,19,20). The van der Waals surface area contributed by atoms with Gasteiger partial charge in [-0.15, -0.1) is 17.1 Å². The molecule has 0 spiro atoms. The van der Waals surface area contributed by atoms with Crippen LogP contribution >= 0.6 is 11.3 Å². The highest BCUT2D eigenvalue weighted by Crippen LogP contribution is 2.21. The van der Waals surface area contributed by atoms with E-state index in [4.69, 9.17) is 4.74 Å². The van der Waals surface area contributed by atoms with Gasteiger partial charge in [0.15, 0.2) is 5.54 Å². The molecule has 1 atom stereocenters. The van der Waals surface area contributed by atoms with Crippen LogP contribution in [0.3, 0.4) is 0 Å². The second-order valence-electron chi connectivity index (χ2n) is 4.89. The molecule has 1 amide bonds. The molecule has 1 unspecified atom stereocenters. The second-order valence-corrected chi connectivity index (χ2v) is 5.92. The molecule has 1 N–H and O–H groups in total. The molecule has 5 heteroatoms. The van der Waals surface area contributed by atoms with Gasteiger partial charge in [-0.05, 0) is 29.7 Å². The van der Waals surface area contributed by atoms with Gasteiger partial charge in [0.05, 0.1) is 7.11 Å². The number of methoxy groups -OCH3 is 1. The summed E-state index contributed by atoms with van der Waals surface area (Å²) in [5, 5.41) is 4.68. The second kappa shape index (κ2) is 7.58. The van der Waals surface area contributed by atoms with Crippen molar-refractivity contribution in [1.82, 2.24) is 5.32 Å². The lowest BCUT2D eigenvalue weighted by Crippen LogP contribution is -2.55. The molecule has 118 valence electrons. The quantitative estimate of drug-likeness (QED) is 0.655. The van der Waals surface area contributed by atoms with E-state index in [2.05, 4.69) is 17.6 Å². The molecule has 2 rings (SSSR count). The summed E-state index contributed by atoms with van der Waals surface area (Å²) in [6, 6.07) is 12.5. The predicted octanol–water partition coefficient (Wildman–Crippen LogP) is 2.97. The third-order valence-corrected chi connectivity index (χ3v) is 4.18. The van der Waals surface area contributed by atoms with Crippen molar-refractivity contribution in [2.24, 2.45) is 0 Å². The number of amides is 1. The van der Waals surface area contributed by atoms with Crippen molar-refractivity contribution in [2.75, 3.05) is 7.11 Å². The van der Waals surface area contributed by atoms with Gasteiger partial charge in [-0.25, -0.2) is 4.79 Å². The molecule has 0 radical (unpaired) electrons. The Morgan fingerprint density at radius 3 is 2.61 bits per heavy atom. The number of carbonyl (C=O) groups excluding carboxylic acids is 2. The van der Waals surface area contributed by atoms with Gasteiger partial charge in [-0.3, -0.25) is 4.79 Å². The van der Waals surface area contributed by atoms with Gasteiger partial charge >= 0.3 is 5.97 Å². The maximum absolute atomic E-state index is 12.5. The van der Waals surface area contributed by atoms with E-state index in [1.807, 2.05) is 23.6 Å².